The van der Waals surface area contributed by atoms with Crippen LogP contribution in [0.15, 0.2) is 53.6 Å². The number of nitrogens with zero attached hydrogens (tertiary/aromatic N) is 2. The van der Waals surface area contributed by atoms with Crippen LogP contribution in [0.5, 0.6) is 0 Å². The average Bonchev–Trinajstić information content (AvgIpc) is 2.97. The largest absolute Gasteiger partial charge is 0.308 e. The summed E-state index contributed by atoms with van der Waals surface area (Å²) in [6.07, 6.45) is 0.922. The monoisotopic (exact) mass is 376 g/mol. The quantitative estimate of drug-likeness (QED) is 0.581. The number of pyridine rings is 1. The van der Waals surface area contributed by atoms with Crippen molar-refractivity contribution in [3.63, 3.8) is 0 Å². The first-order valence-electron chi connectivity index (χ1n) is 9.40. The number of carbonyl (C=O) groups is 1. The van der Waals surface area contributed by atoms with E-state index in [9.17, 15) is 4.79 Å². The van der Waals surface area contributed by atoms with E-state index < -0.39 is 0 Å². The zero-order valence-electron chi connectivity index (χ0n) is 16.2. The molecule has 0 unspecified atom stereocenters. The van der Waals surface area contributed by atoms with E-state index in [1.165, 1.54) is 22.1 Å². The van der Waals surface area contributed by atoms with Crippen molar-refractivity contribution < 1.29 is 4.79 Å². The van der Waals surface area contributed by atoms with Crippen molar-refractivity contribution in [2.75, 3.05) is 4.90 Å². The minimum absolute atomic E-state index is 0.154. The maximum atomic E-state index is 13.2. The van der Waals surface area contributed by atoms with Crippen molar-refractivity contribution in [1.29, 1.82) is 0 Å². The van der Waals surface area contributed by atoms with Crippen LogP contribution in [0.4, 0.5) is 5.69 Å². The van der Waals surface area contributed by atoms with Gasteiger partial charge >= 0.3 is 0 Å². The fourth-order valence-corrected chi connectivity index (χ4v) is 4.89. The Hall–Kier alpha value is -2.33. The molecule has 2 aromatic carbocycles. The van der Waals surface area contributed by atoms with Gasteiger partial charge in [0.15, 0.2) is 0 Å². The molecule has 3 aromatic rings. The van der Waals surface area contributed by atoms with E-state index in [2.05, 4.69) is 57.2 Å². The topological polar surface area (TPSA) is 33.2 Å². The smallest absolute Gasteiger partial charge is 0.240 e. The van der Waals surface area contributed by atoms with E-state index in [1.807, 2.05) is 24.0 Å². The number of aromatic nitrogens is 1. The molecule has 138 valence electrons. The van der Waals surface area contributed by atoms with Crippen molar-refractivity contribution in [2.24, 2.45) is 0 Å². The summed E-state index contributed by atoms with van der Waals surface area (Å²) in [5, 5.41) is 1.91. The van der Waals surface area contributed by atoms with Crippen LogP contribution in [-0.2, 0) is 11.2 Å². The minimum atomic E-state index is -0.188. The van der Waals surface area contributed by atoms with Gasteiger partial charge < -0.3 is 4.90 Å². The molecule has 0 spiro atoms. The highest BCUT2D eigenvalue weighted by Crippen LogP contribution is 2.35. The van der Waals surface area contributed by atoms with Gasteiger partial charge in [0, 0.05) is 17.1 Å². The zero-order chi connectivity index (χ0) is 19.1. The Kier molecular flexibility index (Phi) is 4.68. The SMILES string of the molecule is Cc1cc(S[C@H](C)C(=O)N2c3ccccc3C[C@@H]2C)nc2c(C)cccc12. The molecule has 0 aliphatic carbocycles. The van der Waals surface area contributed by atoms with Gasteiger partial charge in [0.2, 0.25) is 5.91 Å². The second-order valence-corrected chi connectivity index (χ2v) is 8.76. The van der Waals surface area contributed by atoms with Gasteiger partial charge in [0.05, 0.1) is 15.8 Å². The van der Waals surface area contributed by atoms with Crippen molar-refractivity contribution >= 4 is 34.3 Å². The van der Waals surface area contributed by atoms with Gasteiger partial charge in [0.1, 0.15) is 0 Å². The van der Waals surface area contributed by atoms with Crippen LogP contribution < -0.4 is 4.90 Å². The van der Waals surface area contributed by atoms with Crippen LogP contribution >= 0.6 is 11.8 Å². The molecule has 1 amide bonds. The third-order valence-corrected chi connectivity index (χ3v) is 6.32. The molecule has 2 heterocycles. The normalized spacial score (nSPS) is 17.2. The third-order valence-electron chi connectivity index (χ3n) is 5.31. The van der Waals surface area contributed by atoms with Gasteiger partial charge in [-0.05, 0) is 62.9 Å². The standard InChI is InChI=1S/C23H24N2OS/c1-14-8-7-10-19-15(2)12-21(24-22(14)19)27-17(4)23(26)25-16(3)13-18-9-5-6-11-20(18)25/h5-12,16-17H,13H2,1-4H3/t16-,17+/m0/s1. The second-order valence-electron chi connectivity index (χ2n) is 7.40. The summed E-state index contributed by atoms with van der Waals surface area (Å²) in [5.74, 6) is 0.154. The fourth-order valence-electron chi connectivity index (χ4n) is 3.92. The molecule has 0 saturated carbocycles. The molecule has 3 nitrogen and oxygen atoms in total. The predicted octanol–water partition coefficient (Wildman–Crippen LogP) is 5.31. The second kappa shape index (κ2) is 7.01. The lowest BCUT2D eigenvalue weighted by atomic mass is 10.1. The number of benzene rings is 2. The number of hydrogen-bond donors (Lipinski definition) is 0. The molecule has 0 radical (unpaired) electrons. The summed E-state index contributed by atoms with van der Waals surface area (Å²) >= 11 is 1.55. The Morgan fingerprint density at radius 2 is 1.93 bits per heavy atom. The number of carbonyl (C=O) groups excluding carboxylic acids is 1. The Balaban J connectivity index is 1.61. The number of amides is 1. The first-order chi connectivity index (χ1) is 13.0. The molecule has 4 rings (SSSR count). The summed E-state index contributed by atoms with van der Waals surface area (Å²) in [6, 6.07) is 16.8. The van der Waals surface area contributed by atoms with Crippen molar-refractivity contribution in [3.05, 3.63) is 65.2 Å². The van der Waals surface area contributed by atoms with Crippen molar-refractivity contribution in [2.45, 2.75) is 50.4 Å². The van der Waals surface area contributed by atoms with E-state index in [0.717, 1.165) is 22.7 Å². The van der Waals surface area contributed by atoms with Gasteiger partial charge in [-0.3, -0.25) is 4.79 Å². The molecular formula is C23H24N2OS. The van der Waals surface area contributed by atoms with E-state index >= 15 is 0 Å². The average molecular weight is 377 g/mol. The molecule has 2 atom stereocenters. The number of rotatable bonds is 3. The summed E-state index contributed by atoms with van der Waals surface area (Å²) in [6.45, 7) is 8.30. The number of thioether (sulfide) groups is 1. The number of hydrogen-bond acceptors (Lipinski definition) is 3. The Morgan fingerprint density at radius 3 is 2.74 bits per heavy atom. The van der Waals surface area contributed by atoms with Gasteiger partial charge in [-0.1, -0.05) is 48.2 Å². The molecule has 1 aliphatic heterocycles. The summed E-state index contributed by atoms with van der Waals surface area (Å²) in [5.41, 5.74) is 5.70. The van der Waals surface area contributed by atoms with E-state index in [0.29, 0.717) is 0 Å². The van der Waals surface area contributed by atoms with Crippen LogP contribution in [0.25, 0.3) is 10.9 Å². The van der Waals surface area contributed by atoms with Gasteiger partial charge in [-0.2, -0.15) is 0 Å². The number of aryl methyl sites for hydroxylation is 2. The molecule has 1 aliphatic rings. The van der Waals surface area contributed by atoms with Crippen molar-refractivity contribution in [3.8, 4) is 0 Å². The lowest BCUT2D eigenvalue weighted by molar-refractivity contribution is -0.118. The molecule has 1 aromatic heterocycles. The van der Waals surface area contributed by atoms with Gasteiger partial charge in [-0.25, -0.2) is 4.98 Å². The lowest BCUT2D eigenvalue weighted by Crippen LogP contribution is -2.40. The van der Waals surface area contributed by atoms with Crippen LogP contribution in [0.3, 0.4) is 0 Å². The molecular weight excluding hydrogens is 352 g/mol. The summed E-state index contributed by atoms with van der Waals surface area (Å²) in [4.78, 5) is 20.0. The van der Waals surface area contributed by atoms with E-state index in [1.54, 1.807) is 11.8 Å². The predicted molar refractivity (Wildman–Crippen MR) is 114 cm³/mol. The molecule has 27 heavy (non-hydrogen) atoms. The number of anilines is 1. The highest BCUT2D eigenvalue weighted by atomic mass is 32.2. The molecule has 0 N–H and O–H groups in total. The first kappa shape index (κ1) is 18.1. The maximum absolute atomic E-state index is 13.2. The molecule has 0 saturated heterocycles. The Labute approximate surface area is 164 Å². The van der Waals surface area contributed by atoms with E-state index in [4.69, 9.17) is 4.98 Å². The zero-order valence-corrected chi connectivity index (χ0v) is 17.0. The summed E-state index contributed by atoms with van der Waals surface area (Å²) in [7, 11) is 0. The van der Waals surface area contributed by atoms with Crippen LogP contribution in [0, 0.1) is 13.8 Å². The summed E-state index contributed by atoms with van der Waals surface area (Å²) < 4.78 is 0. The van der Waals surface area contributed by atoms with E-state index in [-0.39, 0.29) is 17.2 Å². The highest BCUT2D eigenvalue weighted by Gasteiger charge is 2.33. The fraction of sp³-hybridized carbons (Fsp3) is 0.304. The van der Waals surface area contributed by atoms with Crippen molar-refractivity contribution in [1.82, 2.24) is 4.98 Å². The third kappa shape index (κ3) is 3.23. The Bertz CT molecular complexity index is 1030. The van der Waals surface area contributed by atoms with Crippen LogP contribution in [0.2, 0.25) is 0 Å². The number of fused-ring (bicyclic) bond motifs is 2. The lowest BCUT2D eigenvalue weighted by Gasteiger charge is -2.25. The highest BCUT2D eigenvalue weighted by molar-refractivity contribution is 8.00. The molecule has 0 bridgehead atoms. The van der Waals surface area contributed by atoms with Gasteiger partial charge in [-0.15, -0.1) is 0 Å². The maximum Gasteiger partial charge on any atom is 0.240 e. The molecule has 4 heteroatoms. The first-order valence-corrected chi connectivity index (χ1v) is 10.3. The van der Waals surface area contributed by atoms with Crippen LogP contribution in [-0.4, -0.2) is 22.2 Å². The molecule has 0 fully saturated rings. The number of para-hydroxylation sites is 2. The minimum Gasteiger partial charge on any atom is -0.308 e. The van der Waals surface area contributed by atoms with Crippen LogP contribution in [0.1, 0.15) is 30.5 Å². The van der Waals surface area contributed by atoms with Gasteiger partial charge in [0.25, 0.3) is 0 Å². The Morgan fingerprint density at radius 1 is 1.15 bits per heavy atom.